The van der Waals surface area contributed by atoms with Crippen molar-refractivity contribution < 1.29 is 15.0 Å². The number of aromatic hydroxyl groups is 1. The van der Waals surface area contributed by atoms with Gasteiger partial charge in [-0.25, -0.2) is 0 Å². The first kappa shape index (κ1) is 14.5. The van der Waals surface area contributed by atoms with Gasteiger partial charge in [0.1, 0.15) is 5.75 Å². The summed E-state index contributed by atoms with van der Waals surface area (Å²) in [6.07, 6.45) is 0. The number of amides is 1. The molecule has 2 N–H and O–H groups in total. The smallest absolute Gasteiger partial charge is 0.254 e. The largest absolute Gasteiger partial charge is 0.508 e. The van der Waals surface area contributed by atoms with Crippen LogP contribution in [0.3, 0.4) is 0 Å². The Morgan fingerprint density at radius 2 is 2.00 bits per heavy atom. The van der Waals surface area contributed by atoms with Crippen molar-refractivity contribution in [2.75, 3.05) is 13.1 Å². The van der Waals surface area contributed by atoms with Gasteiger partial charge in [-0.2, -0.15) is 0 Å². The average Bonchev–Trinajstić information content (AvgIpc) is 2.27. The molecule has 4 nitrogen and oxygen atoms in total. The molecule has 18 heavy (non-hydrogen) atoms. The SMILES string of the molecule is CCN(CC(C)(C)O)C(=O)c1cccc(O)c1C. The lowest BCUT2D eigenvalue weighted by Crippen LogP contribution is -2.42. The zero-order valence-corrected chi connectivity index (χ0v) is 11.4. The molecule has 0 fully saturated rings. The Hall–Kier alpha value is -1.55. The Labute approximate surface area is 108 Å². The number of nitrogens with zero attached hydrogens (tertiary/aromatic N) is 1. The standard InChI is InChI=1S/C14H21NO3/c1-5-15(9-14(3,4)18)13(17)11-7-6-8-12(16)10(11)2/h6-8,16,18H,5,9H2,1-4H3. The molecule has 0 bridgehead atoms. The summed E-state index contributed by atoms with van der Waals surface area (Å²) in [7, 11) is 0. The van der Waals surface area contributed by atoms with E-state index in [0.29, 0.717) is 17.7 Å². The summed E-state index contributed by atoms with van der Waals surface area (Å²) in [5, 5.41) is 19.4. The number of rotatable bonds is 4. The second kappa shape index (κ2) is 5.40. The van der Waals surface area contributed by atoms with Crippen molar-refractivity contribution in [3.63, 3.8) is 0 Å². The van der Waals surface area contributed by atoms with Crippen molar-refractivity contribution in [1.29, 1.82) is 0 Å². The predicted molar refractivity (Wildman–Crippen MR) is 70.7 cm³/mol. The van der Waals surface area contributed by atoms with Crippen LogP contribution in [0.5, 0.6) is 5.75 Å². The number of carbonyl (C=O) groups excluding carboxylic acids is 1. The molecule has 0 aliphatic rings. The first-order valence-electron chi connectivity index (χ1n) is 6.06. The molecule has 1 aromatic rings. The molecule has 1 aromatic carbocycles. The summed E-state index contributed by atoms with van der Waals surface area (Å²) in [6, 6.07) is 4.89. The Morgan fingerprint density at radius 3 is 2.50 bits per heavy atom. The Kier molecular flexibility index (Phi) is 4.35. The van der Waals surface area contributed by atoms with Crippen molar-refractivity contribution in [3.8, 4) is 5.75 Å². The van der Waals surface area contributed by atoms with Gasteiger partial charge in [0.2, 0.25) is 0 Å². The van der Waals surface area contributed by atoms with Crippen LogP contribution in [0.1, 0.15) is 36.7 Å². The lowest BCUT2D eigenvalue weighted by atomic mass is 10.0. The highest BCUT2D eigenvalue weighted by atomic mass is 16.3. The second-order valence-corrected chi connectivity index (χ2v) is 5.08. The summed E-state index contributed by atoms with van der Waals surface area (Å²) in [6.45, 7) is 7.67. The van der Waals surface area contributed by atoms with E-state index in [0.717, 1.165) is 0 Å². The van der Waals surface area contributed by atoms with Crippen molar-refractivity contribution in [1.82, 2.24) is 4.90 Å². The molecule has 0 atom stereocenters. The van der Waals surface area contributed by atoms with E-state index in [1.807, 2.05) is 6.92 Å². The predicted octanol–water partition coefficient (Wildman–Crippen LogP) is 1.93. The van der Waals surface area contributed by atoms with Crippen molar-refractivity contribution in [2.45, 2.75) is 33.3 Å². The van der Waals surface area contributed by atoms with Crippen LogP contribution in [0, 0.1) is 6.92 Å². The molecule has 0 aliphatic carbocycles. The van der Waals surface area contributed by atoms with Crippen LogP contribution >= 0.6 is 0 Å². The van der Waals surface area contributed by atoms with Crippen LogP contribution in [0.15, 0.2) is 18.2 Å². The van der Waals surface area contributed by atoms with E-state index in [4.69, 9.17) is 0 Å². The summed E-state index contributed by atoms with van der Waals surface area (Å²) in [5.74, 6) is -0.0619. The topological polar surface area (TPSA) is 60.8 Å². The number of hydrogen-bond donors (Lipinski definition) is 2. The third-order valence-electron chi connectivity index (χ3n) is 2.78. The minimum atomic E-state index is -0.934. The van der Waals surface area contributed by atoms with E-state index >= 15 is 0 Å². The number of carbonyl (C=O) groups is 1. The maximum Gasteiger partial charge on any atom is 0.254 e. The molecule has 0 unspecified atom stereocenters. The van der Waals surface area contributed by atoms with Gasteiger partial charge in [0, 0.05) is 24.2 Å². The number of likely N-dealkylation sites (N-methyl/N-ethyl adjacent to an activating group) is 1. The van der Waals surface area contributed by atoms with Gasteiger partial charge in [0.05, 0.1) is 5.60 Å². The molecular weight excluding hydrogens is 230 g/mol. The van der Waals surface area contributed by atoms with Gasteiger partial charge in [0.25, 0.3) is 5.91 Å². The van der Waals surface area contributed by atoms with Crippen molar-refractivity contribution in [2.24, 2.45) is 0 Å². The molecule has 0 heterocycles. The molecule has 4 heteroatoms. The van der Waals surface area contributed by atoms with Crippen LogP contribution in [0.4, 0.5) is 0 Å². The van der Waals surface area contributed by atoms with Crippen LogP contribution in [-0.4, -0.2) is 39.7 Å². The number of phenolic OH excluding ortho intramolecular Hbond substituents is 1. The van der Waals surface area contributed by atoms with Gasteiger partial charge in [-0.05, 0) is 39.8 Å². The first-order valence-corrected chi connectivity index (χ1v) is 6.06. The third-order valence-corrected chi connectivity index (χ3v) is 2.78. The minimum absolute atomic E-state index is 0.111. The Morgan fingerprint density at radius 1 is 1.39 bits per heavy atom. The first-order chi connectivity index (χ1) is 8.26. The quantitative estimate of drug-likeness (QED) is 0.859. The minimum Gasteiger partial charge on any atom is -0.508 e. The van der Waals surface area contributed by atoms with Gasteiger partial charge in [-0.15, -0.1) is 0 Å². The Bertz CT molecular complexity index is 435. The summed E-state index contributed by atoms with van der Waals surface area (Å²) < 4.78 is 0. The number of phenols is 1. The highest BCUT2D eigenvalue weighted by Gasteiger charge is 2.23. The Balaban J connectivity index is 3.01. The molecule has 0 saturated heterocycles. The van der Waals surface area contributed by atoms with Crippen LogP contribution in [0.2, 0.25) is 0 Å². The molecule has 0 aliphatic heterocycles. The third kappa shape index (κ3) is 3.47. The van der Waals surface area contributed by atoms with Gasteiger partial charge in [0.15, 0.2) is 0 Å². The average molecular weight is 251 g/mol. The monoisotopic (exact) mass is 251 g/mol. The van der Waals surface area contributed by atoms with Crippen molar-refractivity contribution in [3.05, 3.63) is 29.3 Å². The fourth-order valence-corrected chi connectivity index (χ4v) is 1.82. The highest BCUT2D eigenvalue weighted by molar-refractivity contribution is 5.96. The second-order valence-electron chi connectivity index (χ2n) is 5.08. The van der Waals surface area contributed by atoms with Gasteiger partial charge < -0.3 is 15.1 Å². The van der Waals surface area contributed by atoms with Crippen LogP contribution in [-0.2, 0) is 0 Å². The van der Waals surface area contributed by atoms with E-state index < -0.39 is 5.60 Å². The summed E-state index contributed by atoms with van der Waals surface area (Å²) in [5.41, 5.74) is 0.105. The summed E-state index contributed by atoms with van der Waals surface area (Å²) >= 11 is 0. The van der Waals surface area contributed by atoms with E-state index in [1.54, 1.807) is 43.9 Å². The van der Waals surface area contributed by atoms with Crippen LogP contribution in [0.25, 0.3) is 0 Å². The van der Waals surface area contributed by atoms with E-state index in [9.17, 15) is 15.0 Å². The van der Waals surface area contributed by atoms with Crippen molar-refractivity contribution >= 4 is 5.91 Å². The number of aliphatic hydroxyl groups is 1. The lowest BCUT2D eigenvalue weighted by molar-refractivity contribution is 0.0314. The molecule has 0 aromatic heterocycles. The molecule has 1 rings (SSSR count). The maximum absolute atomic E-state index is 12.3. The van der Waals surface area contributed by atoms with Crippen LogP contribution < -0.4 is 0 Å². The summed E-state index contributed by atoms with van der Waals surface area (Å²) in [4.78, 5) is 13.9. The molecule has 0 spiro atoms. The zero-order chi connectivity index (χ0) is 13.9. The van der Waals surface area contributed by atoms with Gasteiger partial charge in [-0.3, -0.25) is 4.79 Å². The highest BCUT2D eigenvalue weighted by Crippen LogP contribution is 2.21. The molecule has 1 amide bonds. The van der Waals surface area contributed by atoms with E-state index in [-0.39, 0.29) is 18.2 Å². The lowest BCUT2D eigenvalue weighted by Gasteiger charge is -2.28. The fourth-order valence-electron chi connectivity index (χ4n) is 1.82. The molecule has 0 radical (unpaired) electrons. The normalized spacial score (nSPS) is 11.4. The van der Waals surface area contributed by atoms with Gasteiger partial charge in [-0.1, -0.05) is 6.07 Å². The number of benzene rings is 1. The van der Waals surface area contributed by atoms with E-state index in [1.165, 1.54) is 0 Å². The van der Waals surface area contributed by atoms with E-state index in [2.05, 4.69) is 0 Å². The maximum atomic E-state index is 12.3. The molecule has 0 saturated carbocycles. The molecular formula is C14H21NO3. The van der Waals surface area contributed by atoms with Gasteiger partial charge >= 0.3 is 0 Å². The fraction of sp³-hybridized carbons (Fsp3) is 0.500. The number of hydrogen-bond acceptors (Lipinski definition) is 3. The molecule has 100 valence electrons. The zero-order valence-electron chi connectivity index (χ0n) is 11.4.